The molecule has 0 fully saturated rings. The maximum Gasteiger partial charge on any atom is 0.251 e. The van der Waals surface area contributed by atoms with Gasteiger partial charge in [-0.3, -0.25) is 9.78 Å². The Morgan fingerprint density at radius 2 is 1.90 bits per heavy atom. The van der Waals surface area contributed by atoms with Gasteiger partial charge in [-0.25, -0.2) is 9.97 Å². The van der Waals surface area contributed by atoms with E-state index < -0.39 is 0 Å². The molecule has 0 radical (unpaired) electrons. The van der Waals surface area contributed by atoms with E-state index in [9.17, 15) is 4.79 Å². The summed E-state index contributed by atoms with van der Waals surface area (Å²) in [6.07, 6.45) is 3.51. The minimum Gasteiger partial charge on any atom is -0.344 e. The largest absolute Gasteiger partial charge is 0.344 e. The normalized spacial score (nSPS) is 14.2. The molecule has 1 aliphatic rings. The molecule has 6 nitrogen and oxygen atoms in total. The monoisotopic (exact) mass is 421 g/mol. The Labute approximate surface area is 181 Å². The number of rotatable bonds is 4. The van der Waals surface area contributed by atoms with Crippen molar-refractivity contribution in [1.82, 2.24) is 20.3 Å². The molecule has 0 aliphatic carbocycles. The van der Waals surface area contributed by atoms with E-state index >= 15 is 0 Å². The zero-order chi connectivity index (χ0) is 21.3. The Morgan fingerprint density at radius 3 is 2.67 bits per heavy atom. The van der Waals surface area contributed by atoms with Crippen molar-refractivity contribution < 1.29 is 4.79 Å². The molecule has 1 atom stereocenters. The number of carbonyl (C=O) groups excluding carboxylic acids is 1. The van der Waals surface area contributed by atoms with E-state index in [1.54, 1.807) is 30.6 Å². The Kier molecular flexibility index (Phi) is 5.68. The fraction of sp³-hybridized carbons (Fsp3) is 0.304. The van der Waals surface area contributed by atoms with Gasteiger partial charge in [-0.05, 0) is 70.0 Å². The van der Waals surface area contributed by atoms with Gasteiger partial charge < -0.3 is 10.2 Å². The maximum absolute atomic E-state index is 12.5. The van der Waals surface area contributed by atoms with E-state index in [-0.39, 0.29) is 11.9 Å². The smallest absolute Gasteiger partial charge is 0.251 e. The van der Waals surface area contributed by atoms with Crippen molar-refractivity contribution in [2.24, 2.45) is 0 Å². The summed E-state index contributed by atoms with van der Waals surface area (Å²) in [5.41, 5.74) is 5.58. The molecule has 3 heterocycles. The van der Waals surface area contributed by atoms with Crippen LogP contribution in [-0.2, 0) is 6.42 Å². The van der Waals surface area contributed by atoms with Gasteiger partial charge in [0.1, 0.15) is 12.1 Å². The minimum atomic E-state index is -0.211. The summed E-state index contributed by atoms with van der Waals surface area (Å²) in [6.45, 7) is 6.89. The van der Waals surface area contributed by atoms with Gasteiger partial charge in [0.15, 0.2) is 0 Å². The van der Waals surface area contributed by atoms with Gasteiger partial charge in [-0.15, -0.1) is 0 Å². The highest BCUT2D eigenvalue weighted by Gasteiger charge is 2.24. The molecule has 4 rings (SSSR count). The number of fused-ring (bicyclic) bond motifs is 1. The van der Waals surface area contributed by atoms with Crippen LogP contribution in [-0.4, -0.2) is 27.4 Å². The van der Waals surface area contributed by atoms with E-state index in [0.29, 0.717) is 10.6 Å². The quantitative estimate of drug-likeness (QED) is 0.660. The van der Waals surface area contributed by atoms with Crippen LogP contribution in [0.25, 0.3) is 0 Å². The first-order valence-corrected chi connectivity index (χ1v) is 10.4. The minimum absolute atomic E-state index is 0.146. The second-order valence-electron chi connectivity index (χ2n) is 7.57. The first kappa shape index (κ1) is 20.3. The van der Waals surface area contributed by atoms with Gasteiger partial charge in [-0.1, -0.05) is 11.6 Å². The lowest BCUT2D eigenvalue weighted by atomic mass is 10.0. The fourth-order valence-electron chi connectivity index (χ4n) is 3.68. The van der Waals surface area contributed by atoms with Crippen molar-refractivity contribution in [3.8, 4) is 0 Å². The number of hydrogen-bond acceptors (Lipinski definition) is 5. The molecule has 3 aromatic rings. The molecule has 1 aromatic carbocycles. The van der Waals surface area contributed by atoms with E-state index in [2.05, 4.69) is 33.2 Å². The molecular formula is C23H24ClN5O. The summed E-state index contributed by atoms with van der Waals surface area (Å²) >= 11 is 5.91. The average molecular weight is 422 g/mol. The zero-order valence-electron chi connectivity index (χ0n) is 17.3. The molecule has 1 unspecified atom stereocenters. The molecule has 0 saturated heterocycles. The van der Waals surface area contributed by atoms with E-state index in [1.807, 2.05) is 19.9 Å². The van der Waals surface area contributed by atoms with Crippen molar-refractivity contribution in [1.29, 1.82) is 0 Å². The molecule has 154 valence electrons. The summed E-state index contributed by atoms with van der Waals surface area (Å²) in [4.78, 5) is 28.4. The predicted octanol–water partition coefficient (Wildman–Crippen LogP) is 4.72. The molecule has 0 saturated carbocycles. The number of aromatic nitrogens is 3. The number of nitrogens with one attached hydrogen (secondary N) is 1. The van der Waals surface area contributed by atoms with Crippen LogP contribution in [0.5, 0.6) is 0 Å². The molecule has 7 heteroatoms. The van der Waals surface area contributed by atoms with Crippen LogP contribution < -0.4 is 10.2 Å². The third-order valence-electron chi connectivity index (χ3n) is 5.52. The average Bonchev–Trinajstić information content (AvgIpc) is 2.75. The van der Waals surface area contributed by atoms with Gasteiger partial charge in [0.25, 0.3) is 5.91 Å². The number of amides is 1. The lowest BCUT2D eigenvalue weighted by Gasteiger charge is -2.31. The van der Waals surface area contributed by atoms with Crippen molar-refractivity contribution >= 4 is 29.0 Å². The van der Waals surface area contributed by atoms with E-state index in [4.69, 9.17) is 16.6 Å². The number of aryl methyl sites for hydroxylation is 2. The van der Waals surface area contributed by atoms with Crippen LogP contribution >= 0.6 is 11.6 Å². The number of anilines is 2. The number of halogens is 1. The SMILES string of the molecule is Cc1ncnc(N2CCCc3nc(C(C)NC(=O)c4ccc(Cl)cc4)ccc32)c1C. The molecular weight excluding hydrogens is 398 g/mol. The Morgan fingerprint density at radius 1 is 1.13 bits per heavy atom. The van der Waals surface area contributed by atoms with E-state index in [0.717, 1.165) is 53.5 Å². The molecule has 0 spiro atoms. The van der Waals surface area contributed by atoms with Crippen LogP contribution in [0.4, 0.5) is 11.5 Å². The van der Waals surface area contributed by atoms with Gasteiger partial charge in [0.05, 0.1) is 23.1 Å². The molecule has 1 N–H and O–H groups in total. The summed E-state index contributed by atoms with van der Waals surface area (Å²) in [7, 11) is 0. The van der Waals surface area contributed by atoms with Gasteiger partial charge in [0.2, 0.25) is 0 Å². The Bertz CT molecular complexity index is 1080. The second-order valence-corrected chi connectivity index (χ2v) is 8.00. The summed E-state index contributed by atoms with van der Waals surface area (Å²) in [5, 5.41) is 3.63. The number of benzene rings is 1. The van der Waals surface area contributed by atoms with Crippen LogP contribution in [0, 0.1) is 13.8 Å². The van der Waals surface area contributed by atoms with Crippen molar-refractivity contribution in [2.75, 3.05) is 11.4 Å². The van der Waals surface area contributed by atoms with Gasteiger partial charge in [-0.2, -0.15) is 0 Å². The van der Waals surface area contributed by atoms with Crippen molar-refractivity contribution in [2.45, 2.75) is 39.7 Å². The molecule has 30 heavy (non-hydrogen) atoms. The first-order chi connectivity index (χ1) is 14.4. The highest BCUT2D eigenvalue weighted by atomic mass is 35.5. The Balaban J connectivity index is 1.56. The molecule has 1 aliphatic heterocycles. The summed E-state index contributed by atoms with van der Waals surface area (Å²) in [6, 6.07) is 10.7. The Hall–Kier alpha value is -2.99. The summed E-state index contributed by atoms with van der Waals surface area (Å²) in [5.74, 6) is 0.787. The van der Waals surface area contributed by atoms with Crippen LogP contribution in [0.1, 0.15) is 52.4 Å². The molecule has 0 bridgehead atoms. The number of carbonyl (C=O) groups is 1. The first-order valence-electron chi connectivity index (χ1n) is 10.1. The topological polar surface area (TPSA) is 71.0 Å². The standard InChI is InChI=1S/C23H24ClN5O/c1-14-15(2)25-13-26-22(14)29-12-4-5-20-21(29)11-10-19(28-20)16(3)27-23(30)17-6-8-18(24)9-7-17/h6-11,13,16H,4-5,12H2,1-3H3,(H,27,30). The lowest BCUT2D eigenvalue weighted by Crippen LogP contribution is -2.29. The number of hydrogen-bond donors (Lipinski definition) is 1. The zero-order valence-corrected chi connectivity index (χ0v) is 18.1. The van der Waals surface area contributed by atoms with Crippen LogP contribution in [0.3, 0.4) is 0 Å². The fourth-order valence-corrected chi connectivity index (χ4v) is 3.81. The highest BCUT2D eigenvalue weighted by Crippen LogP contribution is 2.34. The third-order valence-corrected chi connectivity index (χ3v) is 5.77. The number of nitrogens with zero attached hydrogens (tertiary/aromatic N) is 4. The molecule has 2 aromatic heterocycles. The van der Waals surface area contributed by atoms with Gasteiger partial charge >= 0.3 is 0 Å². The maximum atomic E-state index is 12.5. The molecule has 1 amide bonds. The lowest BCUT2D eigenvalue weighted by molar-refractivity contribution is 0.0939. The third kappa shape index (κ3) is 4.00. The van der Waals surface area contributed by atoms with Crippen LogP contribution in [0.15, 0.2) is 42.7 Å². The number of pyridine rings is 1. The highest BCUT2D eigenvalue weighted by molar-refractivity contribution is 6.30. The van der Waals surface area contributed by atoms with Crippen molar-refractivity contribution in [3.63, 3.8) is 0 Å². The second kappa shape index (κ2) is 8.40. The summed E-state index contributed by atoms with van der Waals surface area (Å²) < 4.78 is 0. The van der Waals surface area contributed by atoms with Crippen LogP contribution in [0.2, 0.25) is 5.02 Å². The predicted molar refractivity (Wildman–Crippen MR) is 118 cm³/mol. The van der Waals surface area contributed by atoms with Crippen molar-refractivity contribution in [3.05, 3.63) is 76.0 Å². The van der Waals surface area contributed by atoms with E-state index in [1.165, 1.54) is 0 Å². The van der Waals surface area contributed by atoms with Gasteiger partial charge in [0, 0.05) is 28.4 Å².